The number of rotatable bonds is 2. The van der Waals surface area contributed by atoms with Crippen molar-refractivity contribution in [2.45, 2.75) is 26.3 Å². The van der Waals surface area contributed by atoms with Gasteiger partial charge in [-0.05, 0) is 20.8 Å². The number of nitrogen functional groups attached to an aromatic ring is 1. The van der Waals surface area contributed by atoms with Crippen molar-refractivity contribution in [3.8, 4) is 0 Å². The second-order valence-corrected chi connectivity index (χ2v) is 4.56. The lowest BCUT2D eigenvalue weighted by Gasteiger charge is -2.25. The third-order valence-corrected chi connectivity index (χ3v) is 2.99. The maximum atomic E-state index is 5.82. The van der Waals surface area contributed by atoms with Crippen LogP contribution in [0.5, 0.6) is 0 Å². The van der Waals surface area contributed by atoms with Crippen LogP contribution in [0.4, 0.5) is 5.69 Å². The minimum atomic E-state index is -0.240. The summed E-state index contributed by atoms with van der Waals surface area (Å²) in [6, 6.07) is 0. The van der Waals surface area contributed by atoms with Crippen LogP contribution in [-0.2, 0) is 12.6 Å². The molecule has 0 bridgehead atoms. The second-order valence-electron chi connectivity index (χ2n) is 4.56. The molecule has 0 aliphatic heterocycles. The SMILES string of the molecule is Cc1c(N)cnn1C(C)(C)c1cnn(C)c1. The minimum absolute atomic E-state index is 0.240. The minimum Gasteiger partial charge on any atom is -0.396 e. The van der Waals surface area contributed by atoms with Crippen LogP contribution in [0.15, 0.2) is 18.6 Å². The van der Waals surface area contributed by atoms with Crippen LogP contribution in [0.3, 0.4) is 0 Å². The molecule has 0 fully saturated rings. The highest BCUT2D eigenvalue weighted by molar-refractivity contribution is 5.41. The number of aromatic nitrogens is 4. The van der Waals surface area contributed by atoms with Crippen molar-refractivity contribution in [2.24, 2.45) is 7.05 Å². The molecule has 0 aromatic carbocycles. The highest BCUT2D eigenvalue weighted by atomic mass is 15.3. The summed E-state index contributed by atoms with van der Waals surface area (Å²) >= 11 is 0. The summed E-state index contributed by atoms with van der Waals surface area (Å²) in [6.07, 6.45) is 5.54. The van der Waals surface area contributed by atoms with Crippen LogP contribution in [0.2, 0.25) is 0 Å². The summed E-state index contributed by atoms with van der Waals surface area (Å²) in [5.74, 6) is 0. The largest absolute Gasteiger partial charge is 0.396 e. The van der Waals surface area contributed by atoms with Gasteiger partial charge in [0.05, 0.1) is 29.3 Å². The van der Waals surface area contributed by atoms with Gasteiger partial charge in [0.15, 0.2) is 0 Å². The number of hydrogen-bond acceptors (Lipinski definition) is 3. The van der Waals surface area contributed by atoms with Gasteiger partial charge in [-0.3, -0.25) is 9.36 Å². The number of nitrogens with zero attached hydrogens (tertiary/aromatic N) is 4. The van der Waals surface area contributed by atoms with Gasteiger partial charge in [-0.1, -0.05) is 0 Å². The van der Waals surface area contributed by atoms with Crippen LogP contribution < -0.4 is 5.73 Å². The summed E-state index contributed by atoms with van der Waals surface area (Å²) in [4.78, 5) is 0. The first-order valence-corrected chi connectivity index (χ1v) is 5.22. The van der Waals surface area contributed by atoms with Gasteiger partial charge in [0, 0.05) is 18.8 Å². The van der Waals surface area contributed by atoms with Gasteiger partial charge in [0.2, 0.25) is 0 Å². The van der Waals surface area contributed by atoms with Crippen LogP contribution in [-0.4, -0.2) is 19.6 Å². The predicted molar refractivity (Wildman–Crippen MR) is 63.0 cm³/mol. The Morgan fingerprint density at radius 3 is 2.38 bits per heavy atom. The molecule has 0 saturated heterocycles. The van der Waals surface area contributed by atoms with Gasteiger partial charge in [-0.2, -0.15) is 10.2 Å². The zero-order valence-corrected chi connectivity index (χ0v) is 10.1. The summed E-state index contributed by atoms with van der Waals surface area (Å²) in [5, 5.41) is 8.52. The average Bonchev–Trinajstić information content (AvgIpc) is 2.76. The molecule has 0 aliphatic carbocycles. The predicted octanol–water partition coefficient (Wildman–Crippen LogP) is 1.29. The van der Waals surface area contributed by atoms with Crippen molar-refractivity contribution in [1.29, 1.82) is 0 Å². The molecule has 0 radical (unpaired) electrons. The lowest BCUT2D eigenvalue weighted by molar-refractivity contribution is 0.382. The molecular weight excluding hydrogens is 202 g/mol. The van der Waals surface area contributed by atoms with Crippen molar-refractivity contribution < 1.29 is 0 Å². The fraction of sp³-hybridized carbons (Fsp3) is 0.455. The van der Waals surface area contributed by atoms with Crippen molar-refractivity contribution in [1.82, 2.24) is 19.6 Å². The van der Waals surface area contributed by atoms with E-state index >= 15 is 0 Å². The van der Waals surface area contributed by atoms with Gasteiger partial charge in [-0.25, -0.2) is 0 Å². The van der Waals surface area contributed by atoms with E-state index in [0.717, 1.165) is 16.9 Å². The van der Waals surface area contributed by atoms with E-state index in [2.05, 4.69) is 24.0 Å². The zero-order valence-electron chi connectivity index (χ0n) is 10.1. The maximum absolute atomic E-state index is 5.82. The summed E-state index contributed by atoms with van der Waals surface area (Å²) in [5.41, 5.74) is 8.39. The molecule has 2 aromatic rings. The fourth-order valence-electron chi connectivity index (χ4n) is 1.85. The van der Waals surface area contributed by atoms with Gasteiger partial charge >= 0.3 is 0 Å². The summed E-state index contributed by atoms with van der Waals surface area (Å²) in [7, 11) is 1.91. The average molecular weight is 219 g/mol. The van der Waals surface area contributed by atoms with E-state index in [-0.39, 0.29) is 5.54 Å². The Bertz CT molecular complexity index is 506. The Morgan fingerprint density at radius 2 is 1.94 bits per heavy atom. The molecular formula is C11H17N5. The Labute approximate surface area is 94.9 Å². The molecule has 2 N–H and O–H groups in total. The third-order valence-electron chi connectivity index (χ3n) is 2.99. The standard InChI is InChI=1S/C11H17N5/c1-8-10(12)6-14-16(8)11(2,3)9-5-13-15(4)7-9/h5-7H,12H2,1-4H3. The number of nitrogens with two attached hydrogens (primary N) is 1. The quantitative estimate of drug-likeness (QED) is 0.828. The van der Waals surface area contributed by atoms with Crippen molar-refractivity contribution in [3.63, 3.8) is 0 Å². The van der Waals surface area contributed by atoms with E-state index in [1.807, 2.05) is 31.0 Å². The molecule has 0 amide bonds. The first-order valence-electron chi connectivity index (χ1n) is 5.22. The molecule has 16 heavy (non-hydrogen) atoms. The smallest absolute Gasteiger partial charge is 0.0854 e. The molecule has 5 nitrogen and oxygen atoms in total. The van der Waals surface area contributed by atoms with Gasteiger partial charge in [0.1, 0.15) is 0 Å². The molecule has 0 unspecified atom stereocenters. The highest BCUT2D eigenvalue weighted by Crippen LogP contribution is 2.27. The molecule has 2 aromatic heterocycles. The second kappa shape index (κ2) is 3.37. The van der Waals surface area contributed by atoms with E-state index in [1.54, 1.807) is 10.9 Å². The van der Waals surface area contributed by atoms with E-state index in [9.17, 15) is 0 Å². The molecule has 2 rings (SSSR count). The lowest BCUT2D eigenvalue weighted by atomic mass is 9.98. The lowest BCUT2D eigenvalue weighted by Crippen LogP contribution is -2.29. The van der Waals surface area contributed by atoms with Crippen LogP contribution in [0, 0.1) is 6.92 Å². The van der Waals surface area contributed by atoms with Gasteiger partial charge in [0.25, 0.3) is 0 Å². The Kier molecular flexibility index (Phi) is 2.26. The summed E-state index contributed by atoms with van der Waals surface area (Å²) in [6.45, 7) is 6.17. The van der Waals surface area contributed by atoms with E-state index in [4.69, 9.17) is 5.73 Å². The Morgan fingerprint density at radius 1 is 1.25 bits per heavy atom. The number of hydrogen-bond donors (Lipinski definition) is 1. The van der Waals surface area contributed by atoms with E-state index in [1.165, 1.54) is 0 Å². The number of anilines is 1. The molecule has 5 heteroatoms. The van der Waals surface area contributed by atoms with Crippen molar-refractivity contribution in [2.75, 3.05) is 5.73 Å². The molecule has 0 saturated carbocycles. The fourth-order valence-corrected chi connectivity index (χ4v) is 1.85. The first kappa shape index (κ1) is 10.7. The zero-order chi connectivity index (χ0) is 11.9. The maximum Gasteiger partial charge on any atom is 0.0854 e. The van der Waals surface area contributed by atoms with E-state index < -0.39 is 0 Å². The van der Waals surface area contributed by atoms with Crippen LogP contribution in [0.25, 0.3) is 0 Å². The monoisotopic (exact) mass is 219 g/mol. The molecule has 0 spiro atoms. The van der Waals surface area contributed by atoms with Gasteiger partial charge < -0.3 is 5.73 Å². The van der Waals surface area contributed by atoms with Crippen molar-refractivity contribution >= 4 is 5.69 Å². The normalized spacial score (nSPS) is 12.0. The molecule has 0 atom stereocenters. The van der Waals surface area contributed by atoms with Crippen LogP contribution in [0.1, 0.15) is 25.1 Å². The highest BCUT2D eigenvalue weighted by Gasteiger charge is 2.27. The first-order chi connectivity index (χ1) is 7.43. The van der Waals surface area contributed by atoms with Crippen LogP contribution >= 0.6 is 0 Å². The number of aryl methyl sites for hydroxylation is 1. The third kappa shape index (κ3) is 1.48. The van der Waals surface area contributed by atoms with E-state index in [0.29, 0.717) is 0 Å². The molecule has 0 aliphatic rings. The van der Waals surface area contributed by atoms with Gasteiger partial charge in [-0.15, -0.1) is 0 Å². The topological polar surface area (TPSA) is 61.7 Å². The molecule has 2 heterocycles. The summed E-state index contributed by atoms with van der Waals surface area (Å²) < 4.78 is 3.72. The Hall–Kier alpha value is -1.78. The molecule has 86 valence electrons. The Balaban J connectivity index is 2.50. The van der Waals surface area contributed by atoms with Crippen molar-refractivity contribution in [3.05, 3.63) is 29.8 Å².